The Kier molecular flexibility index (Phi) is 5.13. The lowest BCUT2D eigenvalue weighted by molar-refractivity contribution is 0.0889. The number of hydrogen-bond donors (Lipinski definition) is 2. The quantitative estimate of drug-likeness (QED) is 0.877. The molecule has 1 heterocycles. The Bertz CT molecular complexity index is 506. The number of rotatable bonds is 5. The summed E-state index contributed by atoms with van der Waals surface area (Å²) in [5, 5.41) is 16.4. The van der Waals surface area contributed by atoms with Gasteiger partial charge in [-0.25, -0.2) is 0 Å². The number of hydrogen-bond acceptors (Lipinski definition) is 4. The molecule has 0 radical (unpaired) electrons. The number of carbonyl (C=O) groups excluding carboxylic acids is 1. The molecule has 1 atom stereocenters. The summed E-state index contributed by atoms with van der Waals surface area (Å²) in [6.45, 7) is 0.109. The lowest BCUT2D eigenvalue weighted by Gasteiger charge is -2.30. The van der Waals surface area contributed by atoms with Crippen LogP contribution in [0.1, 0.15) is 73.2 Å². The van der Waals surface area contributed by atoms with Crippen LogP contribution >= 0.6 is 0 Å². The molecule has 5 nitrogen and oxygen atoms in total. The van der Waals surface area contributed by atoms with Crippen LogP contribution in [0.2, 0.25) is 0 Å². The molecule has 2 aliphatic carbocycles. The van der Waals surface area contributed by atoms with E-state index in [1.807, 2.05) is 0 Å². The van der Waals surface area contributed by atoms with Gasteiger partial charge in [0.15, 0.2) is 5.69 Å². The zero-order chi connectivity index (χ0) is 15.4. The number of aliphatic hydroxyl groups is 1. The van der Waals surface area contributed by atoms with Crippen molar-refractivity contribution in [3.63, 3.8) is 0 Å². The number of amides is 1. The fourth-order valence-corrected chi connectivity index (χ4v) is 3.90. The predicted molar refractivity (Wildman–Crippen MR) is 82.7 cm³/mol. The number of aromatic nitrogens is 1. The molecule has 1 fully saturated rings. The molecule has 0 aromatic carbocycles. The van der Waals surface area contributed by atoms with Crippen molar-refractivity contribution in [1.82, 2.24) is 10.5 Å². The van der Waals surface area contributed by atoms with Gasteiger partial charge in [0.1, 0.15) is 5.76 Å². The topological polar surface area (TPSA) is 75.4 Å². The Morgan fingerprint density at radius 3 is 2.77 bits per heavy atom. The molecule has 5 heteroatoms. The van der Waals surface area contributed by atoms with Gasteiger partial charge in [0.2, 0.25) is 0 Å². The molecule has 3 rings (SSSR count). The monoisotopic (exact) mass is 306 g/mol. The number of nitrogens with zero attached hydrogens (tertiary/aromatic N) is 1. The van der Waals surface area contributed by atoms with Gasteiger partial charge in [-0.2, -0.15) is 0 Å². The van der Waals surface area contributed by atoms with Crippen molar-refractivity contribution in [2.75, 3.05) is 6.61 Å². The van der Waals surface area contributed by atoms with E-state index in [0.717, 1.165) is 49.8 Å². The van der Waals surface area contributed by atoms with Crippen molar-refractivity contribution in [2.24, 2.45) is 5.92 Å². The summed E-state index contributed by atoms with van der Waals surface area (Å²) >= 11 is 0. The molecule has 0 aliphatic heterocycles. The van der Waals surface area contributed by atoms with Gasteiger partial charge < -0.3 is 14.9 Å². The third kappa shape index (κ3) is 3.35. The molecule has 0 saturated heterocycles. The van der Waals surface area contributed by atoms with Crippen LogP contribution in [0.5, 0.6) is 0 Å². The Balaban J connectivity index is 1.69. The van der Waals surface area contributed by atoms with Gasteiger partial charge in [-0.05, 0) is 44.4 Å². The van der Waals surface area contributed by atoms with Gasteiger partial charge in [-0.15, -0.1) is 0 Å². The number of fused-ring (bicyclic) bond motifs is 1. The minimum absolute atomic E-state index is 0.0498. The SMILES string of the molecule is O=C(NC(CCO)C1CCCCC1)c1noc2c1CCCC2. The van der Waals surface area contributed by atoms with Crippen molar-refractivity contribution in [2.45, 2.75) is 70.3 Å². The second-order valence-corrected chi connectivity index (χ2v) is 6.63. The van der Waals surface area contributed by atoms with Crippen LogP contribution < -0.4 is 5.32 Å². The van der Waals surface area contributed by atoms with E-state index >= 15 is 0 Å². The standard InChI is InChI=1S/C17H26N2O3/c20-11-10-14(12-6-2-1-3-7-12)18-17(21)16-13-8-4-5-9-15(13)22-19-16/h12,14,20H,1-11H2,(H,18,21). The highest BCUT2D eigenvalue weighted by Crippen LogP contribution is 2.29. The molecular weight excluding hydrogens is 280 g/mol. The van der Waals surface area contributed by atoms with E-state index in [1.54, 1.807) is 0 Å². The highest BCUT2D eigenvalue weighted by atomic mass is 16.5. The van der Waals surface area contributed by atoms with Gasteiger partial charge in [-0.1, -0.05) is 24.4 Å². The first-order chi connectivity index (χ1) is 10.8. The average molecular weight is 306 g/mol. The smallest absolute Gasteiger partial charge is 0.273 e. The van der Waals surface area contributed by atoms with Crippen molar-refractivity contribution < 1.29 is 14.4 Å². The summed E-state index contributed by atoms with van der Waals surface area (Å²) in [6, 6.07) is 0.0498. The highest BCUT2D eigenvalue weighted by Gasteiger charge is 2.29. The fraction of sp³-hybridized carbons (Fsp3) is 0.765. The van der Waals surface area contributed by atoms with Crippen molar-refractivity contribution >= 4 is 5.91 Å². The lowest BCUT2D eigenvalue weighted by atomic mass is 9.82. The molecule has 1 saturated carbocycles. The summed E-state index contributed by atoms with van der Waals surface area (Å²) in [4.78, 5) is 12.6. The molecule has 1 unspecified atom stereocenters. The van der Waals surface area contributed by atoms with Gasteiger partial charge in [0, 0.05) is 24.6 Å². The summed E-state index contributed by atoms with van der Waals surface area (Å²) in [7, 11) is 0. The largest absolute Gasteiger partial charge is 0.396 e. The molecular formula is C17H26N2O3. The van der Waals surface area contributed by atoms with Crippen LogP contribution in [-0.4, -0.2) is 28.8 Å². The first kappa shape index (κ1) is 15.5. The highest BCUT2D eigenvalue weighted by molar-refractivity contribution is 5.94. The molecule has 2 aliphatic rings. The second-order valence-electron chi connectivity index (χ2n) is 6.63. The number of aliphatic hydroxyl groups excluding tert-OH is 1. The van der Waals surface area contributed by atoms with Crippen molar-refractivity contribution in [3.8, 4) is 0 Å². The number of nitrogens with one attached hydrogen (secondary N) is 1. The second kappa shape index (κ2) is 7.27. The Hall–Kier alpha value is -1.36. The third-order valence-electron chi connectivity index (χ3n) is 5.14. The minimum atomic E-state index is -0.129. The van der Waals surface area contributed by atoms with Crippen LogP contribution in [-0.2, 0) is 12.8 Å². The van der Waals surface area contributed by atoms with E-state index in [9.17, 15) is 9.90 Å². The summed E-state index contributed by atoms with van der Waals surface area (Å²) in [6.07, 6.45) is 10.6. The van der Waals surface area contributed by atoms with E-state index in [2.05, 4.69) is 10.5 Å². The summed E-state index contributed by atoms with van der Waals surface area (Å²) in [5.74, 6) is 1.23. The van der Waals surface area contributed by atoms with E-state index in [1.165, 1.54) is 19.3 Å². The van der Waals surface area contributed by atoms with E-state index < -0.39 is 0 Å². The van der Waals surface area contributed by atoms with Gasteiger partial charge in [0.05, 0.1) is 0 Å². The molecule has 2 N–H and O–H groups in total. The molecule has 1 amide bonds. The summed E-state index contributed by atoms with van der Waals surface area (Å²) in [5.41, 5.74) is 1.46. The van der Waals surface area contributed by atoms with Crippen molar-refractivity contribution in [1.29, 1.82) is 0 Å². The van der Waals surface area contributed by atoms with Crippen LogP contribution in [0, 0.1) is 5.92 Å². The maximum Gasteiger partial charge on any atom is 0.273 e. The van der Waals surface area contributed by atoms with Crippen LogP contribution in [0.25, 0.3) is 0 Å². The summed E-state index contributed by atoms with van der Waals surface area (Å²) < 4.78 is 5.34. The average Bonchev–Trinajstić information content (AvgIpc) is 2.99. The van der Waals surface area contributed by atoms with Crippen LogP contribution in [0.4, 0.5) is 0 Å². The molecule has 1 aromatic heterocycles. The first-order valence-corrected chi connectivity index (χ1v) is 8.68. The molecule has 0 spiro atoms. The number of aryl methyl sites for hydroxylation is 1. The van der Waals surface area contributed by atoms with Gasteiger partial charge in [0.25, 0.3) is 5.91 Å². The van der Waals surface area contributed by atoms with Crippen molar-refractivity contribution in [3.05, 3.63) is 17.0 Å². The van der Waals surface area contributed by atoms with E-state index in [0.29, 0.717) is 18.0 Å². The molecule has 22 heavy (non-hydrogen) atoms. The van der Waals surface area contributed by atoms with Gasteiger partial charge in [-0.3, -0.25) is 4.79 Å². The predicted octanol–water partition coefficient (Wildman–Crippen LogP) is 2.61. The van der Waals surface area contributed by atoms with Crippen LogP contribution in [0.15, 0.2) is 4.52 Å². The number of carbonyl (C=O) groups is 1. The Morgan fingerprint density at radius 1 is 1.23 bits per heavy atom. The Labute approximate surface area is 131 Å². The zero-order valence-corrected chi connectivity index (χ0v) is 13.1. The van der Waals surface area contributed by atoms with Gasteiger partial charge >= 0.3 is 0 Å². The zero-order valence-electron chi connectivity index (χ0n) is 13.1. The van der Waals surface area contributed by atoms with E-state index in [-0.39, 0.29) is 18.6 Å². The first-order valence-electron chi connectivity index (χ1n) is 8.68. The molecule has 0 bridgehead atoms. The molecule has 1 aromatic rings. The minimum Gasteiger partial charge on any atom is -0.396 e. The third-order valence-corrected chi connectivity index (χ3v) is 5.14. The maximum absolute atomic E-state index is 12.6. The normalized spacial score (nSPS) is 20.4. The van der Waals surface area contributed by atoms with Crippen LogP contribution in [0.3, 0.4) is 0 Å². The fourth-order valence-electron chi connectivity index (χ4n) is 3.90. The maximum atomic E-state index is 12.6. The van der Waals surface area contributed by atoms with E-state index in [4.69, 9.17) is 4.52 Å². The Morgan fingerprint density at radius 2 is 2.00 bits per heavy atom. The lowest BCUT2D eigenvalue weighted by Crippen LogP contribution is -2.42. The molecule has 122 valence electrons.